The molecule has 0 radical (unpaired) electrons. The first-order valence-electron chi connectivity index (χ1n) is 7.26. The van der Waals surface area contributed by atoms with Gasteiger partial charge in [-0.05, 0) is 31.5 Å². The molecule has 1 unspecified atom stereocenters. The van der Waals surface area contributed by atoms with Crippen LogP contribution in [0.5, 0.6) is 0 Å². The van der Waals surface area contributed by atoms with Crippen molar-refractivity contribution in [3.05, 3.63) is 53.7 Å². The Hall–Kier alpha value is -2.40. The minimum atomic E-state index is -0.650. The molecular formula is C17H21N3O2. The van der Waals surface area contributed by atoms with Crippen LogP contribution in [0.15, 0.2) is 42.6 Å². The molecule has 0 bridgehead atoms. The zero-order valence-corrected chi connectivity index (χ0v) is 12.8. The van der Waals surface area contributed by atoms with E-state index in [9.17, 15) is 4.79 Å². The number of aliphatic hydroxyl groups is 1. The summed E-state index contributed by atoms with van der Waals surface area (Å²) in [5.41, 5.74) is 3.03. The molecule has 5 nitrogen and oxygen atoms in total. The second-order valence-electron chi connectivity index (χ2n) is 5.37. The first-order valence-corrected chi connectivity index (χ1v) is 7.26. The van der Waals surface area contributed by atoms with E-state index in [0.29, 0.717) is 12.2 Å². The van der Waals surface area contributed by atoms with Crippen molar-refractivity contribution in [2.45, 2.75) is 32.9 Å². The van der Waals surface area contributed by atoms with Crippen LogP contribution in [0.2, 0.25) is 0 Å². The highest BCUT2D eigenvalue weighted by atomic mass is 16.3. The smallest absolute Gasteiger partial charge is 0.227 e. The van der Waals surface area contributed by atoms with Gasteiger partial charge in [0.15, 0.2) is 0 Å². The SMILES string of the molecule is Cc1ccc(CNc2ccc(NC(=O)CC(C)O)cn2)cc1. The Bertz CT molecular complexity index is 607. The number of aliphatic hydroxyl groups excluding tert-OH is 1. The van der Waals surface area contributed by atoms with Gasteiger partial charge in [-0.2, -0.15) is 0 Å². The van der Waals surface area contributed by atoms with Crippen LogP contribution in [0, 0.1) is 6.92 Å². The molecule has 2 rings (SSSR count). The van der Waals surface area contributed by atoms with Crippen LogP contribution in [0.4, 0.5) is 11.5 Å². The van der Waals surface area contributed by atoms with E-state index in [1.807, 2.05) is 6.07 Å². The number of anilines is 2. The van der Waals surface area contributed by atoms with Gasteiger partial charge in [-0.3, -0.25) is 4.79 Å². The Labute approximate surface area is 130 Å². The third-order valence-corrected chi connectivity index (χ3v) is 3.12. The maximum atomic E-state index is 11.5. The fourth-order valence-corrected chi connectivity index (χ4v) is 1.95. The van der Waals surface area contributed by atoms with Gasteiger partial charge in [0.05, 0.1) is 24.4 Å². The van der Waals surface area contributed by atoms with Crippen molar-refractivity contribution < 1.29 is 9.90 Å². The molecule has 5 heteroatoms. The van der Waals surface area contributed by atoms with E-state index < -0.39 is 6.10 Å². The Morgan fingerprint density at radius 2 is 1.95 bits per heavy atom. The second kappa shape index (κ2) is 7.56. The number of hydrogen-bond donors (Lipinski definition) is 3. The third-order valence-electron chi connectivity index (χ3n) is 3.12. The molecule has 0 spiro atoms. The standard InChI is InChI=1S/C17H21N3O2/c1-12-3-5-14(6-4-12)10-18-16-8-7-15(11-19-16)20-17(22)9-13(2)21/h3-8,11,13,21H,9-10H2,1-2H3,(H,18,19)(H,20,22). The van der Waals surface area contributed by atoms with E-state index in [0.717, 1.165) is 5.82 Å². The minimum absolute atomic E-state index is 0.0768. The number of aromatic nitrogens is 1. The van der Waals surface area contributed by atoms with Gasteiger partial charge in [0.1, 0.15) is 5.82 Å². The predicted molar refractivity (Wildman–Crippen MR) is 87.7 cm³/mol. The van der Waals surface area contributed by atoms with E-state index in [-0.39, 0.29) is 12.3 Å². The van der Waals surface area contributed by atoms with Crippen molar-refractivity contribution in [1.29, 1.82) is 0 Å². The fraction of sp³-hybridized carbons (Fsp3) is 0.294. The topological polar surface area (TPSA) is 74.2 Å². The summed E-state index contributed by atoms with van der Waals surface area (Å²) in [4.78, 5) is 15.8. The van der Waals surface area contributed by atoms with Crippen LogP contribution in [-0.4, -0.2) is 22.1 Å². The number of rotatable bonds is 6. The molecular weight excluding hydrogens is 278 g/mol. The zero-order chi connectivity index (χ0) is 15.9. The van der Waals surface area contributed by atoms with Crippen LogP contribution < -0.4 is 10.6 Å². The third kappa shape index (κ3) is 5.18. The van der Waals surface area contributed by atoms with Crippen LogP contribution >= 0.6 is 0 Å². The number of nitrogens with zero attached hydrogens (tertiary/aromatic N) is 1. The van der Waals surface area contributed by atoms with Crippen LogP contribution in [0.25, 0.3) is 0 Å². The van der Waals surface area contributed by atoms with Crippen LogP contribution in [-0.2, 0) is 11.3 Å². The van der Waals surface area contributed by atoms with Gasteiger partial charge in [-0.15, -0.1) is 0 Å². The quantitative estimate of drug-likeness (QED) is 0.766. The number of aryl methyl sites for hydroxylation is 1. The van der Waals surface area contributed by atoms with Crippen molar-refractivity contribution in [3.63, 3.8) is 0 Å². The molecule has 1 atom stereocenters. The highest BCUT2D eigenvalue weighted by Crippen LogP contribution is 2.12. The first kappa shape index (κ1) is 16.0. The second-order valence-corrected chi connectivity index (χ2v) is 5.37. The zero-order valence-electron chi connectivity index (χ0n) is 12.8. The van der Waals surface area contributed by atoms with E-state index in [2.05, 4.69) is 46.8 Å². The average molecular weight is 299 g/mol. The molecule has 0 aliphatic rings. The van der Waals surface area contributed by atoms with Crippen molar-refractivity contribution in [2.75, 3.05) is 10.6 Å². The molecule has 1 aromatic carbocycles. The summed E-state index contributed by atoms with van der Waals surface area (Å²) >= 11 is 0. The first-order chi connectivity index (χ1) is 10.5. The van der Waals surface area contributed by atoms with Crippen molar-refractivity contribution in [3.8, 4) is 0 Å². The van der Waals surface area contributed by atoms with Gasteiger partial charge in [0, 0.05) is 6.54 Å². The average Bonchev–Trinajstić information content (AvgIpc) is 2.47. The van der Waals surface area contributed by atoms with Gasteiger partial charge < -0.3 is 15.7 Å². The lowest BCUT2D eigenvalue weighted by atomic mass is 10.1. The molecule has 1 heterocycles. The number of amides is 1. The number of nitrogens with one attached hydrogen (secondary N) is 2. The van der Waals surface area contributed by atoms with Gasteiger partial charge >= 0.3 is 0 Å². The Balaban J connectivity index is 1.86. The maximum absolute atomic E-state index is 11.5. The number of benzene rings is 1. The molecule has 0 fully saturated rings. The normalized spacial score (nSPS) is 11.8. The van der Waals surface area contributed by atoms with Gasteiger partial charge in [0.25, 0.3) is 0 Å². The molecule has 3 N–H and O–H groups in total. The van der Waals surface area contributed by atoms with Gasteiger partial charge in [-0.1, -0.05) is 29.8 Å². The monoisotopic (exact) mass is 299 g/mol. The lowest BCUT2D eigenvalue weighted by Crippen LogP contribution is -2.17. The lowest BCUT2D eigenvalue weighted by molar-refractivity contribution is -0.117. The fourth-order valence-electron chi connectivity index (χ4n) is 1.95. The molecule has 0 saturated carbocycles. The number of carbonyl (C=O) groups excluding carboxylic acids is 1. The Morgan fingerprint density at radius 1 is 1.23 bits per heavy atom. The summed E-state index contributed by atoms with van der Waals surface area (Å²) in [7, 11) is 0. The lowest BCUT2D eigenvalue weighted by Gasteiger charge is -2.09. The van der Waals surface area contributed by atoms with Gasteiger partial charge in [-0.25, -0.2) is 4.98 Å². The Morgan fingerprint density at radius 3 is 2.55 bits per heavy atom. The molecule has 1 amide bonds. The molecule has 0 saturated heterocycles. The number of pyridine rings is 1. The molecule has 0 aliphatic heterocycles. The molecule has 22 heavy (non-hydrogen) atoms. The largest absolute Gasteiger partial charge is 0.393 e. The van der Waals surface area contributed by atoms with Gasteiger partial charge in [0.2, 0.25) is 5.91 Å². The summed E-state index contributed by atoms with van der Waals surface area (Å²) in [6, 6.07) is 11.9. The summed E-state index contributed by atoms with van der Waals surface area (Å²) in [6.07, 6.45) is 1.02. The molecule has 2 aromatic rings. The van der Waals surface area contributed by atoms with Crippen LogP contribution in [0.3, 0.4) is 0 Å². The van der Waals surface area contributed by atoms with Crippen molar-refractivity contribution >= 4 is 17.4 Å². The van der Waals surface area contributed by atoms with Crippen LogP contribution in [0.1, 0.15) is 24.5 Å². The van der Waals surface area contributed by atoms with Crippen molar-refractivity contribution in [2.24, 2.45) is 0 Å². The molecule has 116 valence electrons. The number of carbonyl (C=O) groups is 1. The Kier molecular flexibility index (Phi) is 5.49. The predicted octanol–water partition coefficient (Wildman–Crippen LogP) is 2.71. The van der Waals surface area contributed by atoms with E-state index in [1.165, 1.54) is 11.1 Å². The van der Waals surface area contributed by atoms with Crippen molar-refractivity contribution in [1.82, 2.24) is 4.98 Å². The number of hydrogen-bond acceptors (Lipinski definition) is 4. The van der Waals surface area contributed by atoms with E-state index in [1.54, 1.807) is 19.2 Å². The highest BCUT2D eigenvalue weighted by molar-refractivity contribution is 5.90. The van der Waals surface area contributed by atoms with E-state index in [4.69, 9.17) is 5.11 Å². The summed E-state index contributed by atoms with van der Waals surface area (Å²) in [5.74, 6) is 0.520. The van der Waals surface area contributed by atoms with E-state index >= 15 is 0 Å². The summed E-state index contributed by atoms with van der Waals surface area (Å²) in [5, 5.41) is 15.1. The summed E-state index contributed by atoms with van der Waals surface area (Å²) in [6.45, 7) is 4.33. The maximum Gasteiger partial charge on any atom is 0.227 e. The summed E-state index contributed by atoms with van der Waals surface area (Å²) < 4.78 is 0. The highest BCUT2D eigenvalue weighted by Gasteiger charge is 2.06. The molecule has 1 aromatic heterocycles. The molecule has 0 aliphatic carbocycles. The minimum Gasteiger partial charge on any atom is -0.393 e.